The second-order valence-corrected chi connectivity index (χ2v) is 14.6. The van der Waals surface area contributed by atoms with E-state index in [-0.39, 0.29) is 53.9 Å². The van der Waals surface area contributed by atoms with Crippen molar-refractivity contribution in [2.75, 3.05) is 7.11 Å². The van der Waals surface area contributed by atoms with Gasteiger partial charge < -0.3 is 24.2 Å². The van der Waals surface area contributed by atoms with E-state index in [2.05, 4.69) is 25.6 Å². The fourth-order valence-electron chi connectivity index (χ4n) is 7.41. The molecule has 0 spiro atoms. The molecule has 2 amide bonds. The minimum absolute atomic E-state index is 0.0241. The van der Waals surface area contributed by atoms with Gasteiger partial charge in [0.2, 0.25) is 29.3 Å². The Morgan fingerprint density at radius 1 is 0.796 bits per heavy atom. The summed E-state index contributed by atoms with van der Waals surface area (Å²) in [5.41, 5.74) is 2.57. The number of carbonyl (C=O) groups is 4. The number of carboxylic acids is 1. The molecule has 2 fully saturated rings. The van der Waals surface area contributed by atoms with Crippen LogP contribution in [0.15, 0.2) is 33.3 Å². The molecule has 2 saturated carbocycles. The van der Waals surface area contributed by atoms with Crippen molar-refractivity contribution in [3.05, 3.63) is 53.3 Å². The molecule has 2 aliphatic carbocycles. The van der Waals surface area contributed by atoms with Crippen molar-refractivity contribution in [3.8, 4) is 5.75 Å². The molecule has 15 heteroatoms. The summed E-state index contributed by atoms with van der Waals surface area (Å²) >= 11 is 0. The molecule has 296 valence electrons. The highest BCUT2D eigenvalue weighted by Crippen LogP contribution is 2.32. The number of carboxylic acid groups (broad SMARTS) is 1. The molecule has 4 N–H and O–H groups in total. The van der Waals surface area contributed by atoms with Crippen LogP contribution in [0.3, 0.4) is 0 Å². The van der Waals surface area contributed by atoms with Gasteiger partial charge in [0.15, 0.2) is 0 Å². The van der Waals surface area contributed by atoms with E-state index < -0.39 is 17.8 Å². The van der Waals surface area contributed by atoms with Gasteiger partial charge in [-0.05, 0) is 42.4 Å². The van der Waals surface area contributed by atoms with Crippen LogP contribution in [-0.2, 0) is 16.1 Å². The zero-order chi connectivity index (χ0) is 38.7. The topological polar surface area (TPSA) is 220 Å². The van der Waals surface area contributed by atoms with Crippen LogP contribution in [0.25, 0.3) is 0 Å². The molecule has 2 aromatic heterocycles. The normalized spacial score (nSPS) is 16.1. The van der Waals surface area contributed by atoms with Crippen LogP contribution >= 0.6 is 0 Å². The minimum Gasteiger partial charge on any atom is -0.497 e. The standard InChI is InChI=1S/C23H32N4O5.C16H24N2O4/c1-31-19-12-10-17(11-13-19)15-24-22(29)21-25-23(32-27-21)18(14-20(28)26-30)9-5-8-16-6-3-2-4-7-16;1-11(19)15-17-16(22-18-15)13(10-14(20)21)9-5-8-12-6-3-2-4-7-12/h10-13,16,18,30H,2-9,14-15H2,1H3,(H,24,29)(H,26,28);12-13H,2-10H2,1H3,(H,20,21)/t18-;13-/m11/s1. The van der Waals surface area contributed by atoms with Crippen LogP contribution in [0.4, 0.5) is 0 Å². The quantitative estimate of drug-likeness (QED) is 0.0536. The summed E-state index contributed by atoms with van der Waals surface area (Å²) in [6.07, 6.45) is 18.5. The zero-order valence-electron chi connectivity index (χ0n) is 31.6. The largest absolute Gasteiger partial charge is 0.497 e. The molecule has 3 aromatic rings. The first-order valence-corrected chi connectivity index (χ1v) is 19.4. The summed E-state index contributed by atoms with van der Waals surface area (Å²) in [6, 6.07) is 7.35. The summed E-state index contributed by atoms with van der Waals surface area (Å²) in [6.45, 7) is 1.67. The molecule has 15 nitrogen and oxygen atoms in total. The molecule has 0 bridgehead atoms. The van der Waals surface area contributed by atoms with Crippen molar-refractivity contribution in [1.29, 1.82) is 0 Å². The van der Waals surface area contributed by atoms with Crippen molar-refractivity contribution in [2.24, 2.45) is 11.8 Å². The number of methoxy groups -OCH3 is 1. The minimum atomic E-state index is -0.884. The molecule has 2 aliphatic rings. The SMILES string of the molecule is CC(=O)c1noc([C@H](CCCC2CCCCC2)CC(=O)O)n1.COc1ccc(CNC(=O)c2noc([C@H](CCCC3CCCCC3)CC(=O)NO)n2)cc1. The predicted octanol–water partition coefficient (Wildman–Crippen LogP) is 7.32. The molecule has 0 saturated heterocycles. The lowest BCUT2D eigenvalue weighted by Crippen LogP contribution is -2.24. The third-order valence-electron chi connectivity index (χ3n) is 10.5. The van der Waals surface area contributed by atoms with E-state index in [4.69, 9.17) is 24.1 Å². The second-order valence-electron chi connectivity index (χ2n) is 14.6. The maximum atomic E-state index is 12.4. The number of carbonyl (C=O) groups excluding carboxylic acids is 3. The van der Waals surface area contributed by atoms with E-state index in [1.54, 1.807) is 12.6 Å². The number of rotatable bonds is 19. The number of ketones is 1. The molecule has 0 radical (unpaired) electrons. The van der Waals surface area contributed by atoms with Gasteiger partial charge in [-0.25, -0.2) is 5.48 Å². The lowest BCUT2D eigenvalue weighted by atomic mass is 9.84. The van der Waals surface area contributed by atoms with Crippen molar-refractivity contribution >= 4 is 23.6 Å². The Bertz CT molecular complexity index is 1600. The van der Waals surface area contributed by atoms with Crippen molar-refractivity contribution in [1.82, 2.24) is 31.1 Å². The number of benzene rings is 1. The van der Waals surface area contributed by atoms with E-state index in [1.807, 2.05) is 24.3 Å². The summed E-state index contributed by atoms with van der Waals surface area (Å²) in [5.74, 6) is -0.0626. The van der Waals surface area contributed by atoms with Gasteiger partial charge in [-0.3, -0.25) is 24.4 Å². The van der Waals surface area contributed by atoms with Gasteiger partial charge in [0.25, 0.3) is 11.7 Å². The molecule has 0 unspecified atom stereocenters. The lowest BCUT2D eigenvalue weighted by molar-refractivity contribution is -0.137. The number of Topliss-reactive ketones (excluding diaryl/α,β-unsaturated/α-hetero) is 1. The van der Waals surface area contributed by atoms with Gasteiger partial charge >= 0.3 is 5.97 Å². The molecule has 2 heterocycles. The maximum Gasteiger partial charge on any atom is 0.304 e. The van der Waals surface area contributed by atoms with Crippen LogP contribution < -0.4 is 15.5 Å². The van der Waals surface area contributed by atoms with Crippen molar-refractivity contribution in [2.45, 2.75) is 141 Å². The van der Waals surface area contributed by atoms with Crippen LogP contribution in [0, 0.1) is 11.8 Å². The van der Waals surface area contributed by atoms with Crippen molar-refractivity contribution in [3.63, 3.8) is 0 Å². The Hall–Kier alpha value is -4.66. The van der Waals surface area contributed by atoms with E-state index in [0.717, 1.165) is 48.8 Å². The van der Waals surface area contributed by atoms with Gasteiger partial charge in [0, 0.05) is 31.7 Å². The van der Waals surface area contributed by atoms with E-state index in [1.165, 1.54) is 71.1 Å². The first-order valence-electron chi connectivity index (χ1n) is 19.4. The smallest absolute Gasteiger partial charge is 0.304 e. The Kier molecular flexibility index (Phi) is 17.6. The van der Waals surface area contributed by atoms with Gasteiger partial charge in [-0.2, -0.15) is 9.97 Å². The summed E-state index contributed by atoms with van der Waals surface area (Å²) in [7, 11) is 1.60. The average Bonchev–Trinajstić information content (AvgIpc) is 3.89. The van der Waals surface area contributed by atoms with Crippen LogP contribution in [0.5, 0.6) is 5.75 Å². The first kappa shape index (κ1) is 42.1. The molecule has 54 heavy (non-hydrogen) atoms. The summed E-state index contributed by atoms with van der Waals surface area (Å²) in [4.78, 5) is 54.7. The van der Waals surface area contributed by atoms with Crippen molar-refractivity contribution < 1.29 is 43.3 Å². The molecular formula is C39H56N6O9. The third-order valence-corrected chi connectivity index (χ3v) is 10.5. The van der Waals surface area contributed by atoms with E-state index in [0.29, 0.717) is 19.4 Å². The van der Waals surface area contributed by atoms with Gasteiger partial charge in [0.1, 0.15) is 5.75 Å². The third kappa shape index (κ3) is 14.3. The van der Waals surface area contributed by atoms with Crippen LogP contribution in [0.2, 0.25) is 0 Å². The monoisotopic (exact) mass is 752 g/mol. The van der Waals surface area contributed by atoms with E-state index >= 15 is 0 Å². The highest BCUT2D eigenvalue weighted by Gasteiger charge is 2.26. The molecule has 5 rings (SSSR count). The average molecular weight is 753 g/mol. The number of hydrogen-bond acceptors (Lipinski definition) is 12. The van der Waals surface area contributed by atoms with Gasteiger partial charge in [0.05, 0.1) is 13.5 Å². The number of aromatic nitrogens is 4. The maximum absolute atomic E-state index is 12.4. The number of aliphatic carboxylic acids is 1. The number of amides is 2. The highest BCUT2D eigenvalue weighted by atomic mass is 16.5. The fourth-order valence-corrected chi connectivity index (χ4v) is 7.41. The number of hydroxylamine groups is 1. The van der Waals surface area contributed by atoms with Gasteiger partial charge in [-0.1, -0.05) is 112 Å². The Balaban J connectivity index is 0.000000258. The number of nitrogens with one attached hydrogen (secondary N) is 2. The number of hydrogen-bond donors (Lipinski definition) is 4. The number of nitrogens with zero attached hydrogens (tertiary/aromatic N) is 4. The zero-order valence-corrected chi connectivity index (χ0v) is 31.6. The molecule has 0 aliphatic heterocycles. The van der Waals surface area contributed by atoms with Crippen LogP contribution in [-0.4, -0.2) is 61.3 Å². The Morgan fingerprint density at radius 3 is 1.80 bits per heavy atom. The Labute approximate surface area is 316 Å². The summed E-state index contributed by atoms with van der Waals surface area (Å²) in [5, 5.41) is 28.1. The fraction of sp³-hybridized carbons (Fsp3) is 0.641. The Morgan fingerprint density at radius 2 is 1.31 bits per heavy atom. The highest BCUT2D eigenvalue weighted by molar-refractivity contribution is 5.90. The van der Waals surface area contributed by atoms with Crippen LogP contribution in [0.1, 0.15) is 173 Å². The summed E-state index contributed by atoms with van der Waals surface area (Å²) < 4.78 is 15.5. The van der Waals surface area contributed by atoms with E-state index in [9.17, 15) is 19.2 Å². The lowest BCUT2D eigenvalue weighted by Gasteiger charge is -2.22. The molecular weight excluding hydrogens is 696 g/mol. The number of ether oxygens (including phenoxy) is 1. The molecule has 2 atom stereocenters. The first-order chi connectivity index (χ1) is 26.1. The second kappa shape index (κ2) is 22.5. The predicted molar refractivity (Wildman–Crippen MR) is 196 cm³/mol. The van der Waals surface area contributed by atoms with Gasteiger partial charge in [-0.15, -0.1) is 0 Å². The molecule has 1 aromatic carbocycles.